The highest BCUT2D eigenvalue weighted by molar-refractivity contribution is 5.84. The lowest BCUT2D eigenvalue weighted by atomic mass is 10.1. The number of anilines is 1. The first-order valence-electron chi connectivity index (χ1n) is 7.94. The summed E-state index contributed by atoms with van der Waals surface area (Å²) in [5, 5.41) is 23.5. The topological polar surface area (TPSA) is 107 Å². The molecule has 0 fully saturated rings. The molecule has 1 aromatic carbocycles. The number of hydrogen-bond donors (Lipinski definition) is 5. The Morgan fingerprint density at radius 2 is 2.08 bits per heavy atom. The van der Waals surface area contributed by atoms with Gasteiger partial charge in [0.05, 0.1) is 12.3 Å². The van der Waals surface area contributed by atoms with Crippen LogP contribution in [0.2, 0.25) is 0 Å². The molecule has 0 aliphatic carbocycles. The molecule has 2 heterocycles. The number of aliphatic hydroxyl groups excluding tert-OH is 1. The predicted molar refractivity (Wildman–Crippen MR) is 94.5 cm³/mol. The highest BCUT2D eigenvalue weighted by Gasteiger charge is 2.11. The summed E-state index contributed by atoms with van der Waals surface area (Å²) in [6.45, 7) is 2.57. The van der Waals surface area contributed by atoms with E-state index < -0.39 is 0 Å². The second kappa shape index (κ2) is 6.90. The lowest BCUT2D eigenvalue weighted by molar-refractivity contribution is 0.279. The van der Waals surface area contributed by atoms with Crippen LogP contribution in [0.4, 0.5) is 5.82 Å². The van der Waals surface area contributed by atoms with Gasteiger partial charge >= 0.3 is 0 Å². The van der Waals surface area contributed by atoms with Gasteiger partial charge in [0.1, 0.15) is 11.6 Å². The van der Waals surface area contributed by atoms with Crippen molar-refractivity contribution in [3.8, 4) is 5.75 Å². The smallest absolute Gasteiger partial charge is 0.123 e. The summed E-state index contributed by atoms with van der Waals surface area (Å²) >= 11 is 0. The van der Waals surface area contributed by atoms with E-state index in [0.29, 0.717) is 12.4 Å². The molecular formula is C18H22N4O2. The van der Waals surface area contributed by atoms with Crippen molar-refractivity contribution in [3.63, 3.8) is 0 Å². The van der Waals surface area contributed by atoms with Crippen LogP contribution < -0.4 is 11.1 Å². The fourth-order valence-electron chi connectivity index (χ4n) is 2.85. The number of hydrogen-bond acceptors (Lipinski definition) is 5. The van der Waals surface area contributed by atoms with E-state index in [4.69, 9.17) is 5.73 Å². The molecular weight excluding hydrogens is 304 g/mol. The molecule has 2 aromatic heterocycles. The number of aliphatic hydroxyl groups is 1. The van der Waals surface area contributed by atoms with Crippen molar-refractivity contribution in [2.24, 2.45) is 0 Å². The summed E-state index contributed by atoms with van der Waals surface area (Å²) < 4.78 is 0. The molecule has 24 heavy (non-hydrogen) atoms. The summed E-state index contributed by atoms with van der Waals surface area (Å²) in [7, 11) is 0. The second-order valence-corrected chi connectivity index (χ2v) is 6.03. The van der Waals surface area contributed by atoms with Gasteiger partial charge in [-0.15, -0.1) is 0 Å². The van der Waals surface area contributed by atoms with E-state index in [1.54, 1.807) is 24.3 Å². The van der Waals surface area contributed by atoms with E-state index in [1.807, 2.05) is 12.3 Å². The summed E-state index contributed by atoms with van der Waals surface area (Å²) in [6.07, 6.45) is 2.78. The van der Waals surface area contributed by atoms with Gasteiger partial charge in [0.2, 0.25) is 0 Å². The SMILES string of the molecule is C[C@@H](Cc1c[nH]c2ccc(O)cc12)NCc1nc(N)ccc1CO. The van der Waals surface area contributed by atoms with Gasteiger partial charge in [-0.25, -0.2) is 4.98 Å². The Labute approximate surface area is 140 Å². The number of nitrogens with zero attached hydrogens (tertiary/aromatic N) is 1. The molecule has 3 rings (SSSR count). The molecule has 0 bridgehead atoms. The maximum atomic E-state index is 9.67. The maximum absolute atomic E-state index is 9.67. The minimum atomic E-state index is -0.0552. The minimum Gasteiger partial charge on any atom is -0.508 e. The Bertz CT molecular complexity index is 844. The fourth-order valence-corrected chi connectivity index (χ4v) is 2.85. The van der Waals surface area contributed by atoms with Crippen LogP contribution in [0.25, 0.3) is 10.9 Å². The van der Waals surface area contributed by atoms with Crippen molar-refractivity contribution < 1.29 is 10.2 Å². The van der Waals surface area contributed by atoms with Gasteiger partial charge in [0.15, 0.2) is 0 Å². The number of nitrogens with one attached hydrogen (secondary N) is 2. The van der Waals surface area contributed by atoms with Crippen LogP contribution in [0.15, 0.2) is 36.5 Å². The third-order valence-electron chi connectivity index (χ3n) is 4.16. The van der Waals surface area contributed by atoms with E-state index in [2.05, 4.69) is 22.2 Å². The summed E-state index contributed by atoms with van der Waals surface area (Å²) in [5.41, 5.74) is 9.42. The zero-order chi connectivity index (χ0) is 17.1. The fraction of sp³-hybridized carbons (Fsp3) is 0.278. The number of aromatic hydroxyl groups is 1. The second-order valence-electron chi connectivity index (χ2n) is 6.03. The number of fused-ring (bicyclic) bond motifs is 1. The number of pyridine rings is 1. The van der Waals surface area contributed by atoms with Crippen LogP contribution in [0.3, 0.4) is 0 Å². The number of H-pyrrole nitrogens is 1. The van der Waals surface area contributed by atoms with Crippen molar-refractivity contribution in [1.29, 1.82) is 0 Å². The molecule has 0 saturated heterocycles. The molecule has 0 radical (unpaired) electrons. The number of phenols is 1. The summed E-state index contributed by atoms with van der Waals surface area (Å²) in [6, 6.07) is 9.00. The molecule has 0 spiro atoms. The normalized spacial score (nSPS) is 12.6. The van der Waals surface area contributed by atoms with Gasteiger partial charge in [-0.3, -0.25) is 0 Å². The van der Waals surface area contributed by atoms with Crippen molar-refractivity contribution in [2.75, 3.05) is 5.73 Å². The zero-order valence-corrected chi connectivity index (χ0v) is 13.6. The number of phenolic OH excluding ortho intramolecular Hbond substituents is 1. The first-order chi connectivity index (χ1) is 11.6. The first kappa shape index (κ1) is 16.3. The quantitative estimate of drug-likeness (QED) is 0.477. The van der Waals surface area contributed by atoms with Gasteiger partial charge in [0, 0.05) is 35.2 Å². The molecule has 0 unspecified atom stereocenters. The van der Waals surface area contributed by atoms with Gasteiger partial charge in [-0.05, 0) is 43.2 Å². The van der Waals surface area contributed by atoms with E-state index in [-0.39, 0.29) is 18.4 Å². The highest BCUT2D eigenvalue weighted by Crippen LogP contribution is 2.24. The van der Waals surface area contributed by atoms with Gasteiger partial charge in [-0.1, -0.05) is 6.07 Å². The third-order valence-corrected chi connectivity index (χ3v) is 4.16. The molecule has 6 heteroatoms. The number of nitrogens with two attached hydrogens (primary N) is 1. The number of aromatic nitrogens is 2. The maximum Gasteiger partial charge on any atom is 0.123 e. The molecule has 6 nitrogen and oxygen atoms in total. The Balaban J connectivity index is 1.68. The number of rotatable bonds is 6. The average molecular weight is 326 g/mol. The van der Waals surface area contributed by atoms with Crippen molar-refractivity contribution in [2.45, 2.75) is 32.5 Å². The van der Waals surface area contributed by atoms with E-state index >= 15 is 0 Å². The largest absolute Gasteiger partial charge is 0.508 e. The lowest BCUT2D eigenvalue weighted by Gasteiger charge is -2.15. The zero-order valence-electron chi connectivity index (χ0n) is 13.6. The van der Waals surface area contributed by atoms with Gasteiger partial charge < -0.3 is 26.2 Å². The molecule has 3 aromatic rings. The summed E-state index contributed by atoms with van der Waals surface area (Å²) in [5.74, 6) is 0.712. The number of aromatic amines is 1. The Morgan fingerprint density at radius 3 is 2.88 bits per heavy atom. The van der Waals surface area contributed by atoms with Gasteiger partial charge in [0.25, 0.3) is 0 Å². The van der Waals surface area contributed by atoms with E-state index in [9.17, 15) is 10.2 Å². The molecule has 1 atom stereocenters. The monoisotopic (exact) mass is 326 g/mol. The molecule has 0 amide bonds. The first-order valence-corrected chi connectivity index (χ1v) is 7.94. The Kier molecular flexibility index (Phi) is 4.69. The van der Waals surface area contributed by atoms with Crippen molar-refractivity contribution >= 4 is 16.7 Å². The molecule has 0 saturated carbocycles. The lowest BCUT2D eigenvalue weighted by Crippen LogP contribution is -2.28. The predicted octanol–water partition coefficient (Wildman–Crippen LogP) is 2.06. The number of benzene rings is 1. The highest BCUT2D eigenvalue weighted by atomic mass is 16.3. The van der Waals surface area contributed by atoms with Crippen LogP contribution in [0.5, 0.6) is 5.75 Å². The molecule has 6 N–H and O–H groups in total. The Hall–Kier alpha value is -2.57. The summed E-state index contributed by atoms with van der Waals surface area (Å²) in [4.78, 5) is 7.51. The van der Waals surface area contributed by atoms with Crippen LogP contribution in [0, 0.1) is 0 Å². The average Bonchev–Trinajstić information content (AvgIpc) is 2.95. The third kappa shape index (κ3) is 3.50. The van der Waals surface area contributed by atoms with Crippen LogP contribution in [0.1, 0.15) is 23.7 Å². The van der Waals surface area contributed by atoms with Gasteiger partial charge in [-0.2, -0.15) is 0 Å². The molecule has 0 aliphatic heterocycles. The van der Waals surface area contributed by atoms with Crippen LogP contribution in [-0.2, 0) is 19.6 Å². The molecule has 126 valence electrons. The standard InChI is InChI=1S/C18H22N4O2/c1-11(20-9-17-12(10-23)2-5-18(19)22-17)6-13-8-21-16-4-3-14(24)7-15(13)16/h2-5,7-8,11,20-21,23-24H,6,9-10H2,1H3,(H2,19,22)/t11-/m0/s1. The number of nitrogen functional groups attached to an aromatic ring is 1. The van der Waals surface area contributed by atoms with Crippen molar-refractivity contribution in [3.05, 3.63) is 53.3 Å². The van der Waals surface area contributed by atoms with Crippen molar-refractivity contribution in [1.82, 2.24) is 15.3 Å². The van der Waals surface area contributed by atoms with Crippen LogP contribution >= 0.6 is 0 Å². The Morgan fingerprint density at radius 1 is 1.25 bits per heavy atom. The van der Waals surface area contributed by atoms with E-state index in [0.717, 1.165) is 34.1 Å². The minimum absolute atomic E-state index is 0.0552. The van der Waals surface area contributed by atoms with E-state index in [1.165, 1.54) is 0 Å². The van der Waals surface area contributed by atoms with Crippen LogP contribution in [-0.4, -0.2) is 26.2 Å². The molecule has 0 aliphatic rings.